The normalized spacial score (nSPS) is 11.9. The number of hydrogen-bond donors (Lipinski definition) is 1. The van der Waals surface area contributed by atoms with E-state index in [1.54, 1.807) is 13.0 Å². The Kier molecular flexibility index (Phi) is 3.68. The third-order valence-electron chi connectivity index (χ3n) is 1.69. The van der Waals surface area contributed by atoms with Gasteiger partial charge in [0.05, 0.1) is 0 Å². The van der Waals surface area contributed by atoms with Crippen molar-refractivity contribution in [3.63, 3.8) is 0 Å². The summed E-state index contributed by atoms with van der Waals surface area (Å²) in [4.78, 5) is 10.3. The van der Waals surface area contributed by atoms with E-state index in [2.05, 4.69) is 0 Å². The standard InChI is InChI=1S/C12H12O2/c1-10(9-12(13)14)7-8-11-5-3-2-4-6-11/h2-9H,1H3,(H,13,14)/b8-7-,10-9-. The summed E-state index contributed by atoms with van der Waals surface area (Å²) in [6.45, 7) is 1.76. The lowest BCUT2D eigenvalue weighted by Crippen LogP contribution is -1.87. The van der Waals surface area contributed by atoms with Crippen LogP contribution in [0.25, 0.3) is 6.08 Å². The molecule has 0 atom stereocenters. The molecule has 0 fully saturated rings. The van der Waals surface area contributed by atoms with Crippen LogP contribution in [0.1, 0.15) is 12.5 Å². The van der Waals surface area contributed by atoms with E-state index in [-0.39, 0.29) is 0 Å². The fourth-order valence-corrected chi connectivity index (χ4v) is 1.03. The van der Waals surface area contributed by atoms with Gasteiger partial charge in [0.1, 0.15) is 0 Å². The molecule has 72 valence electrons. The highest BCUT2D eigenvalue weighted by Gasteiger charge is 1.89. The van der Waals surface area contributed by atoms with Crippen LogP contribution in [0.5, 0.6) is 0 Å². The Morgan fingerprint density at radius 3 is 2.50 bits per heavy atom. The van der Waals surface area contributed by atoms with Gasteiger partial charge in [-0.3, -0.25) is 0 Å². The third kappa shape index (κ3) is 3.72. The maximum Gasteiger partial charge on any atom is 0.328 e. The zero-order valence-corrected chi connectivity index (χ0v) is 7.97. The molecule has 0 saturated carbocycles. The number of carboxylic acids is 1. The van der Waals surface area contributed by atoms with Crippen LogP contribution in [-0.2, 0) is 4.79 Å². The van der Waals surface area contributed by atoms with Crippen molar-refractivity contribution in [3.8, 4) is 0 Å². The topological polar surface area (TPSA) is 37.3 Å². The zero-order valence-electron chi connectivity index (χ0n) is 7.97. The van der Waals surface area contributed by atoms with E-state index in [1.807, 2.05) is 36.4 Å². The molecular weight excluding hydrogens is 176 g/mol. The second-order valence-electron chi connectivity index (χ2n) is 2.97. The molecule has 0 radical (unpaired) electrons. The first-order chi connectivity index (χ1) is 6.68. The van der Waals surface area contributed by atoms with Crippen LogP contribution >= 0.6 is 0 Å². The minimum absolute atomic E-state index is 0.723. The number of aliphatic carboxylic acids is 1. The molecule has 14 heavy (non-hydrogen) atoms. The van der Waals surface area contributed by atoms with Crippen molar-refractivity contribution >= 4 is 12.0 Å². The minimum atomic E-state index is -0.916. The van der Waals surface area contributed by atoms with Crippen molar-refractivity contribution in [2.45, 2.75) is 6.92 Å². The first kappa shape index (κ1) is 10.3. The number of carbonyl (C=O) groups is 1. The summed E-state index contributed by atoms with van der Waals surface area (Å²) in [5, 5.41) is 8.47. The molecule has 0 aliphatic rings. The molecule has 0 unspecified atom stereocenters. The average molecular weight is 188 g/mol. The fraction of sp³-hybridized carbons (Fsp3) is 0.0833. The van der Waals surface area contributed by atoms with Crippen LogP contribution in [0.2, 0.25) is 0 Å². The van der Waals surface area contributed by atoms with E-state index in [9.17, 15) is 4.79 Å². The molecule has 2 nitrogen and oxygen atoms in total. The lowest BCUT2D eigenvalue weighted by Gasteiger charge is -1.91. The van der Waals surface area contributed by atoms with Crippen molar-refractivity contribution in [1.29, 1.82) is 0 Å². The highest BCUT2D eigenvalue weighted by molar-refractivity contribution is 5.81. The number of allylic oxidation sites excluding steroid dienone is 2. The first-order valence-corrected chi connectivity index (χ1v) is 4.33. The second kappa shape index (κ2) is 5.02. The Labute approximate surface area is 83.2 Å². The lowest BCUT2D eigenvalue weighted by atomic mass is 10.2. The van der Waals surface area contributed by atoms with Gasteiger partial charge in [-0.2, -0.15) is 0 Å². The predicted octanol–water partition coefficient (Wildman–Crippen LogP) is 2.73. The Balaban J connectivity index is 2.70. The first-order valence-electron chi connectivity index (χ1n) is 4.33. The highest BCUT2D eigenvalue weighted by atomic mass is 16.4. The van der Waals surface area contributed by atoms with Crippen LogP contribution in [0.15, 0.2) is 48.1 Å². The largest absolute Gasteiger partial charge is 0.478 e. The molecule has 0 spiro atoms. The summed E-state index contributed by atoms with van der Waals surface area (Å²) >= 11 is 0. The van der Waals surface area contributed by atoms with Crippen molar-refractivity contribution in [2.24, 2.45) is 0 Å². The van der Waals surface area contributed by atoms with Gasteiger partial charge in [-0.1, -0.05) is 42.5 Å². The Morgan fingerprint density at radius 1 is 1.29 bits per heavy atom. The fourth-order valence-electron chi connectivity index (χ4n) is 1.03. The number of hydrogen-bond acceptors (Lipinski definition) is 1. The monoisotopic (exact) mass is 188 g/mol. The molecule has 0 aliphatic carbocycles. The van der Waals surface area contributed by atoms with E-state index in [1.165, 1.54) is 6.08 Å². The number of rotatable bonds is 3. The van der Waals surface area contributed by atoms with Crippen LogP contribution in [-0.4, -0.2) is 11.1 Å². The molecule has 0 aliphatic heterocycles. The van der Waals surface area contributed by atoms with Crippen molar-refractivity contribution < 1.29 is 9.90 Å². The summed E-state index contributed by atoms with van der Waals surface area (Å²) in [5.41, 5.74) is 1.78. The van der Waals surface area contributed by atoms with Gasteiger partial charge in [0.15, 0.2) is 0 Å². The summed E-state index contributed by atoms with van der Waals surface area (Å²) in [5.74, 6) is -0.916. The SMILES string of the molecule is CC(/C=C\c1ccccc1)=C/C(=O)O. The van der Waals surface area contributed by atoms with Gasteiger partial charge < -0.3 is 5.11 Å². The van der Waals surface area contributed by atoms with Crippen LogP contribution in [0.4, 0.5) is 0 Å². The molecule has 0 aromatic heterocycles. The van der Waals surface area contributed by atoms with Crippen LogP contribution < -0.4 is 0 Å². The maximum absolute atomic E-state index is 10.3. The van der Waals surface area contributed by atoms with Crippen molar-refractivity contribution in [2.75, 3.05) is 0 Å². The molecule has 0 saturated heterocycles. The third-order valence-corrected chi connectivity index (χ3v) is 1.69. The molecule has 1 N–H and O–H groups in total. The highest BCUT2D eigenvalue weighted by Crippen LogP contribution is 2.04. The Morgan fingerprint density at radius 2 is 1.93 bits per heavy atom. The van der Waals surface area contributed by atoms with E-state index in [0.717, 1.165) is 11.1 Å². The molecule has 2 heteroatoms. The molecule has 0 heterocycles. The van der Waals surface area contributed by atoms with E-state index in [0.29, 0.717) is 0 Å². The average Bonchev–Trinajstić information content (AvgIpc) is 2.15. The zero-order chi connectivity index (χ0) is 10.4. The van der Waals surface area contributed by atoms with Gasteiger partial charge in [0.25, 0.3) is 0 Å². The van der Waals surface area contributed by atoms with E-state index < -0.39 is 5.97 Å². The quantitative estimate of drug-likeness (QED) is 0.585. The summed E-state index contributed by atoms with van der Waals surface area (Å²) in [7, 11) is 0. The van der Waals surface area contributed by atoms with Gasteiger partial charge in [-0.25, -0.2) is 4.79 Å². The number of benzene rings is 1. The smallest absolute Gasteiger partial charge is 0.328 e. The number of carboxylic acid groups (broad SMARTS) is 1. The molecule has 1 rings (SSSR count). The van der Waals surface area contributed by atoms with Crippen molar-refractivity contribution in [3.05, 3.63) is 53.6 Å². The van der Waals surface area contributed by atoms with Crippen LogP contribution in [0.3, 0.4) is 0 Å². The minimum Gasteiger partial charge on any atom is -0.478 e. The Hall–Kier alpha value is -1.83. The second-order valence-corrected chi connectivity index (χ2v) is 2.97. The summed E-state index contributed by atoms with van der Waals surface area (Å²) < 4.78 is 0. The molecule has 0 bridgehead atoms. The van der Waals surface area contributed by atoms with Gasteiger partial charge in [-0.05, 0) is 18.1 Å². The van der Waals surface area contributed by atoms with Gasteiger partial charge in [-0.15, -0.1) is 0 Å². The lowest BCUT2D eigenvalue weighted by molar-refractivity contribution is -0.131. The van der Waals surface area contributed by atoms with Gasteiger partial charge in [0.2, 0.25) is 0 Å². The van der Waals surface area contributed by atoms with Crippen LogP contribution in [0, 0.1) is 0 Å². The molecule has 1 aromatic rings. The summed E-state index contributed by atoms with van der Waals surface area (Å²) in [6, 6.07) is 9.75. The maximum atomic E-state index is 10.3. The van der Waals surface area contributed by atoms with E-state index >= 15 is 0 Å². The van der Waals surface area contributed by atoms with Gasteiger partial charge >= 0.3 is 5.97 Å². The molecular formula is C12H12O2. The van der Waals surface area contributed by atoms with Crippen molar-refractivity contribution in [1.82, 2.24) is 0 Å². The summed E-state index contributed by atoms with van der Waals surface area (Å²) in [6.07, 6.45) is 4.84. The predicted molar refractivity (Wildman–Crippen MR) is 56.9 cm³/mol. The van der Waals surface area contributed by atoms with E-state index in [4.69, 9.17) is 5.11 Å². The molecule has 0 amide bonds. The van der Waals surface area contributed by atoms with Gasteiger partial charge in [0, 0.05) is 6.08 Å². The molecule has 1 aromatic carbocycles. The Bertz CT molecular complexity index is 361.